The molecule has 0 saturated carbocycles. The van der Waals surface area contributed by atoms with Gasteiger partial charge in [-0.25, -0.2) is 0 Å². The van der Waals surface area contributed by atoms with Gasteiger partial charge in [-0.05, 0) is 46.7 Å². The quantitative estimate of drug-likeness (QED) is 0.918. The molecule has 1 atom stereocenters. The fourth-order valence-electron chi connectivity index (χ4n) is 2.06. The molecule has 1 N–H and O–H groups in total. The van der Waals surface area contributed by atoms with Gasteiger partial charge in [0.05, 0.1) is 17.6 Å². The van der Waals surface area contributed by atoms with Gasteiger partial charge < -0.3 is 10.1 Å². The van der Waals surface area contributed by atoms with E-state index in [0.29, 0.717) is 5.02 Å². The molecule has 0 amide bonds. The van der Waals surface area contributed by atoms with E-state index in [1.54, 1.807) is 13.3 Å². The van der Waals surface area contributed by atoms with Crippen LogP contribution in [0, 0.1) is 0 Å². The van der Waals surface area contributed by atoms with Gasteiger partial charge in [0, 0.05) is 23.0 Å². The van der Waals surface area contributed by atoms with Gasteiger partial charge in [0.15, 0.2) is 0 Å². The molecule has 0 saturated heterocycles. The molecule has 2 rings (SSSR count). The van der Waals surface area contributed by atoms with E-state index in [4.69, 9.17) is 16.3 Å². The Morgan fingerprint density at radius 1 is 1.42 bits per heavy atom. The van der Waals surface area contributed by atoms with Gasteiger partial charge in [0.1, 0.15) is 5.75 Å². The molecular weight excluding hydrogens is 328 g/mol. The molecule has 5 heteroatoms. The normalized spacial score (nSPS) is 12.2. The van der Waals surface area contributed by atoms with Crippen LogP contribution in [0.5, 0.6) is 5.75 Å². The average Bonchev–Trinajstić information content (AvgIpc) is 2.40. The number of rotatable bonds is 4. The fraction of sp³-hybridized carbons (Fsp3) is 0.214. The highest BCUT2D eigenvalue weighted by atomic mass is 79.9. The predicted octanol–water partition coefficient (Wildman–Crippen LogP) is 3.81. The number of ether oxygens (including phenoxy) is 1. The highest BCUT2D eigenvalue weighted by molar-refractivity contribution is 9.10. The molecule has 0 aliphatic carbocycles. The largest absolute Gasteiger partial charge is 0.495 e. The van der Waals surface area contributed by atoms with Crippen LogP contribution < -0.4 is 10.1 Å². The van der Waals surface area contributed by atoms with E-state index >= 15 is 0 Å². The van der Waals surface area contributed by atoms with Crippen LogP contribution in [0.4, 0.5) is 0 Å². The van der Waals surface area contributed by atoms with Crippen LogP contribution in [0.3, 0.4) is 0 Å². The Labute approximate surface area is 126 Å². The molecule has 2 aromatic rings. The van der Waals surface area contributed by atoms with Crippen LogP contribution in [-0.4, -0.2) is 19.1 Å². The zero-order valence-electron chi connectivity index (χ0n) is 10.7. The highest BCUT2D eigenvalue weighted by Gasteiger charge is 2.19. The van der Waals surface area contributed by atoms with E-state index in [-0.39, 0.29) is 6.04 Å². The number of halogens is 2. The summed E-state index contributed by atoms with van der Waals surface area (Å²) in [5, 5.41) is 3.92. The van der Waals surface area contributed by atoms with Crippen molar-refractivity contribution >= 4 is 27.5 Å². The Bertz CT molecular complexity index is 563. The second-order valence-electron chi connectivity index (χ2n) is 4.02. The first-order valence-electron chi connectivity index (χ1n) is 5.77. The molecule has 100 valence electrons. The molecule has 19 heavy (non-hydrogen) atoms. The van der Waals surface area contributed by atoms with E-state index in [1.165, 1.54) is 0 Å². The number of aromatic nitrogens is 1. The van der Waals surface area contributed by atoms with Crippen molar-refractivity contribution in [1.82, 2.24) is 10.3 Å². The number of hydrogen-bond donors (Lipinski definition) is 1. The number of methoxy groups -OCH3 is 1. The lowest BCUT2D eigenvalue weighted by atomic mass is 9.99. The highest BCUT2D eigenvalue weighted by Crippen LogP contribution is 2.37. The zero-order valence-corrected chi connectivity index (χ0v) is 13.0. The number of hydrogen-bond acceptors (Lipinski definition) is 3. The van der Waals surface area contributed by atoms with Gasteiger partial charge >= 0.3 is 0 Å². The van der Waals surface area contributed by atoms with Gasteiger partial charge in [-0.3, -0.25) is 4.98 Å². The van der Waals surface area contributed by atoms with Crippen molar-refractivity contribution < 1.29 is 4.74 Å². The molecular formula is C14H14BrClN2O. The summed E-state index contributed by atoms with van der Waals surface area (Å²) in [5.41, 5.74) is 2.02. The summed E-state index contributed by atoms with van der Waals surface area (Å²) in [7, 11) is 3.54. The van der Waals surface area contributed by atoms with Crippen molar-refractivity contribution in [3.8, 4) is 5.75 Å². The van der Waals surface area contributed by atoms with E-state index < -0.39 is 0 Å². The van der Waals surface area contributed by atoms with Crippen LogP contribution >= 0.6 is 27.5 Å². The van der Waals surface area contributed by atoms with Crippen molar-refractivity contribution in [3.05, 3.63) is 57.3 Å². The molecule has 1 unspecified atom stereocenters. The SMILES string of the molecule is CNC(c1cccnc1)c1cc(Cl)cc(Br)c1OC. The van der Waals surface area contributed by atoms with Crippen LogP contribution in [0.2, 0.25) is 5.02 Å². The molecule has 0 bridgehead atoms. The summed E-state index contributed by atoms with van der Waals surface area (Å²) in [5.74, 6) is 0.771. The van der Waals surface area contributed by atoms with Crippen LogP contribution in [-0.2, 0) is 0 Å². The Morgan fingerprint density at radius 2 is 2.21 bits per heavy atom. The van der Waals surface area contributed by atoms with Crippen LogP contribution in [0.1, 0.15) is 17.2 Å². The number of benzene rings is 1. The molecule has 0 aliphatic rings. The number of nitrogens with zero attached hydrogens (tertiary/aromatic N) is 1. The second kappa shape index (κ2) is 6.37. The standard InChI is InChI=1S/C14H14BrClN2O/c1-17-13(9-4-3-5-18-8-9)11-6-10(16)7-12(15)14(11)19-2/h3-8,13,17H,1-2H3. The fourth-order valence-corrected chi connectivity index (χ4v) is 3.05. The first kappa shape index (κ1) is 14.3. The van der Waals surface area contributed by atoms with E-state index in [2.05, 4.69) is 26.2 Å². The third-order valence-electron chi connectivity index (χ3n) is 2.86. The Morgan fingerprint density at radius 3 is 2.79 bits per heavy atom. The molecule has 0 radical (unpaired) electrons. The Balaban J connectivity index is 2.55. The summed E-state index contributed by atoms with van der Waals surface area (Å²) in [6.45, 7) is 0. The average molecular weight is 342 g/mol. The molecule has 1 aromatic carbocycles. The monoisotopic (exact) mass is 340 g/mol. The van der Waals surface area contributed by atoms with Crippen molar-refractivity contribution in [3.63, 3.8) is 0 Å². The third-order valence-corrected chi connectivity index (χ3v) is 3.67. The topological polar surface area (TPSA) is 34.2 Å². The summed E-state index contributed by atoms with van der Waals surface area (Å²) in [6, 6.07) is 7.62. The Hall–Kier alpha value is -1.10. The second-order valence-corrected chi connectivity index (χ2v) is 5.31. The maximum absolute atomic E-state index is 6.14. The maximum atomic E-state index is 6.14. The molecule has 0 fully saturated rings. The molecule has 0 spiro atoms. The van der Waals surface area contributed by atoms with Crippen LogP contribution in [0.25, 0.3) is 0 Å². The van der Waals surface area contributed by atoms with E-state index in [1.807, 2.05) is 37.5 Å². The third kappa shape index (κ3) is 3.08. The van der Waals surface area contributed by atoms with Crippen molar-refractivity contribution in [2.75, 3.05) is 14.2 Å². The maximum Gasteiger partial charge on any atom is 0.138 e. The molecule has 1 aromatic heterocycles. The van der Waals surface area contributed by atoms with Crippen molar-refractivity contribution in [2.24, 2.45) is 0 Å². The Kier molecular flexibility index (Phi) is 4.80. The van der Waals surface area contributed by atoms with Gasteiger partial charge in [0.2, 0.25) is 0 Å². The smallest absolute Gasteiger partial charge is 0.138 e. The van der Waals surface area contributed by atoms with E-state index in [9.17, 15) is 0 Å². The summed E-state index contributed by atoms with van der Waals surface area (Å²) >= 11 is 9.61. The van der Waals surface area contributed by atoms with Gasteiger partial charge in [0.25, 0.3) is 0 Å². The molecule has 0 aliphatic heterocycles. The van der Waals surface area contributed by atoms with Crippen molar-refractivity contribution in [2.45, 2.75) is 6.04 Å². The van der Waals surface area contributed by atoms with Crippen LogP contribution in [0.15, 0.2) is 41.1 Å². The minimum absolute atomic E-state index is 0.0290. The lowest BCUT2D eigenvalue weighted by molar-refractivity contribution is 0.402. The lowest BCUT2D eigenvalue weighted by Crippen LogP contribution is -2.18. The number of pyridine rings is 1. The summed E-state index contributed by atoms with van der Waals surface area (Å²) < 4.78 is 6.30. The molecule has 3 nitrogen and oxygen atoms in total. The minimum Gasteiger partial charge on any atom is -0.495 e. The predicted molar refractivity (Wildman–Crippen MR) is 80.8 cm³/mol. The van der Waals surface area contributed by atoms with Gasteiger partial charge in [-0.15, -0.1) is 0 Å². The van der Waals surface area contributed by atoms with E-state index in [0.717, 1.165) is 21.3 Å². The zero-order chi connectivity index (χ0) is 13.8. The lowest BCUT2D eigenvalue weighted by Gasteiger charge is -2.20. The molecule has 1 heterocycles. The minimum atomic E-state index is -0.0290. The van der Waals surface area contributed by atoms with Crippen molar-refractivity contribution in [1.29, 1.82) is 0 Å². The number of nitrogens with one attached hydrogen (secondary N) is 1. The van der Waals surface area contributed by atoms with Gasteiger partial charge in [-0.1, -0.05) is 17.7 Å². The first-order chi connectivity index (χ1) is 9.17. The summed E-state index contributed by atoms with van der Waals surface area (Å²) in [4.78, 5) is 4.15. The van der Waals surface area contributed by atoms with Gasteiger partial charge in [-0.2, -0.15) is 0 Å². The summed E-state index contributed by atoms with van der Waals surface area (Å²) in [6.07, 6.45) is 3.58. The first-order valence-corrected chi connectivity index (χ1v) is 6.94.